The molecule has 0 spiro atoms. The van der Waals surface area contributed by atoms with Gasteiger partial charge in [0.2, 0.25) is 0 Å². The molecule has 0 aromatic heterocycles. The van der Waals surface area contributed by atoms with Crippen molar-refractivity contribution in [3.05, 3.63) is 64.2 Å². The first-order valence-corrected chi connectivity index (χ1v) is 10.9. The average Bonchev–Trinajstić information content (AvgIpc) is 3.09. The maximum absolute atomic E-state index is 10.8. The van der Waals surface area contributed by atoms with Crippen LogP contribution < -0.4 is 4.74 Å². The Kier molecular flexibility index (Phi) is 5.86. The van der Waals surface area contributed by atoms with Crippen molar-refractivity contribution in [3.63, 3.8) is 0 Å². The molecule has 2 saturated heterocycles. The summed E-state index contributed by atoms with van der Waals surface area (Å²) in [5.41, 5.74) is 2.81. The van der Waals surface area contributed by atoms with Gasteiger partial charge in [0, 0.05) is 11.4 Å². The van der Waals surface area contributed by atoms with Gasteiger partial charge < -0.3 is 24.8 Å². The smallest absolute Gasteiger partial charge is 0.165 e. The van der Waals surface area contributed by atoms with Crippen molar-refractivity contribution in [1.29, 1.82) is 0 Å². The lowest BCUT2D eigenvalue weighted by Crippen LogP contribution is -2.51. The molecule has 0 unspecified atom stereocenters. The Hall–Kier alpha value is -1.28. The monoisotopic (exact) mass is 436 g/mol. The molecule has 7 heteroatoms. The zero-order valence-electron chi connectivity index (χ0n) is 16.2. The fraction of sp³-hybridized carbons (Fsp3) is 0.455. The molecule has 3 N–H and O–H groups in total. The van der Waals surface area contributed by atoms with Gasteiger partial charge in [0.25, 0.3) is 0 Å². The lowest BCUT2D eigenvalue weighted by atomic mass is 9.92. The first-order chi connectivity index (χ1) is 13.9. The van der Waals surface area contributed by atoms with Crippen molar-refractivity contribution in [2.75, 3.05) is 19.8 Å². The second-order valence-electron chi connectivity index (χ2n) is 7.61. The molecule has 2 aromatic carbocycles. The summed E-state index contributed by atoms with van der Waals surface area (Å²) in [7, 11) is 0. The van der Waals surface area contributed by atoms with E-state index < -0.39 is 21.9 Å². The number of thioether (sulfide) groups is 1. The van der Waals surface area contributed by atoms with E-state index in [1.54, 1.807) is 0 Å². The topological polar surface area (TPSA) is 79.2 Å². The Morgan fingerprint density at radius 3 is 2.62 bits per heavy atom. The average molecular weight is 437 g/mol. The molecule has 2 heterocycles. The Labute approximate surface area is 179 Å². The molecule has 2 aromatic rings. The summed E-state index contributed by atoms with van der Waals surface area (Å²) >= 11 is 7.78. The Balaban J connectivity index is 1.63. The third-order valence-corrected chi connectivity index (χ3v) is 7.95. The van der Waals surface area contributed by atoms with E-state index in [9.17, 15) is 15.3 Å². The van der Waals surface area contributed by atoms with Crippen LogP contribution in [0.15, 0.2) is 42.5 Å². The molecule has 0 amide bonds. The predicted octanol–water partition coefficient (Wildman–Crippen LogP) is 3.10. The van der Waals surface area contributed by atoms with Crippen LogP contribution in [0.4, 0.5) is 0 Å². The fourth-order valence-electron chi connectivity index (χ4n) is 4.04. The minimum atomic E-state index is -1.01. The fourth-order valence-corrected chi connectivity index (χ4v) is 5.83. The van der Waals surface area contributed by atoms with E-state index in [0.717, 1.165) is 22.4 Å². The first kappa shape index (κ1) is 21.0. The van der Waals surface area contributed by atoms with Gasteiger partial charge in [-0.2, -0.15) is 0 Å². The molecule has 2 bridgehead atoms. The number of benzene rings is 2. The number of ether oxygens (including phenoxy) is 2. The van der Waals surface area contributed by atoms with Crippen LogP contribution in [-0.2, 0) is 16.1 Å². The van der Waals surface area contributed by atoms with Crippen LogP contribution in [0, 0.1) is 0 Å². The van der Waals surface area contributed by atoms with Crippen molar-refractivity contribution in [1.82, 2.24) is 0 Å². The van der Waals surface area contributed by atoms with Gasteiger partial charge in [-0.15, -0.1) is 11.8 Å². The Bertz CT molecular complexity index is 876. The van der Waals surface area contributed by atoms with Gasteiger partial charge in [0.05, 0.1) is 36.8 Å². The minimum absolute atomic E-state index is 0.157. The van der Waals surface area contributed by atoms with Gasteiger partial charge >= 0.3 is 0 Å². The predicted molar refractivity (Wildman–Crippen MR) is 114 cm³/mol. The second kappa shape index (κ2) is 8.10. The Morgan fingerprint density at radius 2 is 1.93 bits per heavy atom. The molecular weight excluding hydrogens is 412 g/mol. The second-order valence-corrected chi connectivity index (χ2v) is 9.64. The molecule has 0 saturated carbocycles. The summed E-state index contributed by atoms with van der Waals surface area (Å²) < 4.78 is 10.7. The molecule has 156 valence electrons. The van der Waals surface area contributed by atoms with Gasteiger partial charge in [-0.1, -0.05) is 35.9 Å². The van der Waals surface area contributed by atoms with E-state index in [0.29, 0.717) is 18.1 Å². The van der Waals surface area contributed by atoms with Gasteiger partial charge in [-0.05, 0) is 48.2 Å². The number of aliphatic hydroxyl groups is 3. The lowest BCUT2D eigenvalue weighted by molar-refractivity contribution is -0.0498. The number of aliphatic hydroxyl groups excluding tert-OH is 3. The largest absolute Gasteiger partial charge is 0.494 e. The van der Waals surface area contributed by atoms with Crippen molar-refractivity contribution in [2.45, 2.75) is 41.7 Å². The van der Waals surface area contributed by atoms with Gasteiger partial charge in [-0.25, -0.2) is 0 Å². The van der Waals surface area contributed by atoms with Gasteiger partial charge in [-0.3, -0.25) is 0 Å². The zero-order chi connectivity index (χ0) is 20.6. The number of rotatable bonds is 6. The number of halogens is 1. The van der Waals surface area contributed by atoms with E-state index in [2.05, 4.69) is 0 Å². The van der Waals surface area contributed by atoms with E-state index in [1.807, 2.05) is 49.4 Å². The molecule has 2 aliphatic heterocycles. The van der Waals surface area contributed by atoms with Crippen molar-refractivity contribution >= 4 is 23.4 Å². The third kappa shape index (κ3) is 3.67. The van der Waals surface area contributed by atoms with Gasteiger partial charge in [0.1, 0.15) is 5.75 Å². The van der Waals surface area contributed by atoms with Crippen LogP contribution in [0.2, 0.25) is 5.02 Å². The molecule has 0 aliphatic carbocycles. The third-order valence-electron chi connectivity index (χ3n) is 5.72. The highest BCUT2D eigenvalue weighted by molar-refractivity contribution is 8.01. The summed E-state index contributed by atoms with van der Waals surface area (Å²) in [4.78, 5) is -1.01. The molecule has 5 nitrogen and oxygen atoms in total. The standard InChI is InChI=1S/C22H25ClO5S/c1-2-27-17-6-3-14(4-7-17)9-15-10-16(5-8-18(15)23)22-20(26)11-19(25)21(12-24,29-22)13-28-22/h3-8,10,19-20,24-26H,2,9,11-13H2,1H3/t19-,20+,21-,22-/m0/s1. The normalized spacial score (nSPS) is 31.1. The maximum Gasteiger partial charge on any atom is 0.165 e. The van der Waals surface area contributed by atoms with Crippen LogP contribution in [0.5, 0.6) is 5.75 Å². The van der Waals surface area contributed by atoms with Crippen LogP contribution in [0.3, 0.4) is 0 Å². The summed E-state index contributed by atoms with van der Waals surface area (Å²) in [6.07, 6.45) is -0.920. The summed E-state index contributed by atoms with van der Waals surface area (Å²) in [6, 6.07) is 13.5. The van der Waals surface area contributed by atoms with E-state index in [-0.39, 0.29) is 19.6 Å². The molecule has 2 fully saturated rings. The number of hydrogen-bond donors (Lipinski definition) is 3. The molecule has 4 rings (SSSR count). The molecule has 0 radical (unpaired) electrons. The molecule has 29 heavy (non-hydrogen) atoms. The number of fused-ring (bicyclic) bond motifs is 2. The van der Waals surface area contributed by atoms with E-state index in [1.165, 1.54) is 11.8 Å². The van der Waals surface area contributed by atoms with E-state index >= 15 is 0 Å². The van der Waals surface area contributed by atoms with Crippen molar-refractivity contribution in [3.8, 4) is 5.75 Å². The van der Waals surface area contributed by atoms with Crippen LogP contribution in [0.25, 0.3) is 0 Å². The Morgan fingerprint density at radius 1 is 1.17 bits per heavy atom. The first-order valence-electron chi connectivity index (χ1n) is 9.74. The summed E-state index contributed by atoms with van der Waals surface area (Å²) in [5, 5.41) is 31.7. The van der Waals surface area contributed by atoms with Crippen LogP contribution >= 0.6 is 23.4 Å². The highest BCUT2D eigenvalue weighted by Gasteiger charge is 2.62. The highest BCUT2D eigenvalue weighted by Crippen LogP contribution is 2.59. The van der Waals surface area contributed by atoms with Crippen molar-refractivity contribution < 1.29 is 24.8 Å². The number of hydrogen-bond acceptors (Lipinski definition) is 6. The SMILES string of the molecule is CCOc1ccc(Cc2cc([C@]34OC[C@](CO)(S3)[C@@H](O)C[C@H]4O)ccc2Cl)cc1. The molecule has 2 aliphatic rings. The minimum Gasteiger partial charge on any atom is -0.494 e. The van der Waals surface area contributed by atoms with Crippen molar-refractivity contribution in [2.24, 2.45) is 0 Å². The summed E-state index contributed by atoms with van der Waals surface area (Å²) in [5.74, 6) is 0.829. The lowest BCUT2D eigenvalue weighted by Gasteiger charge is -2.42. The summed E-state index contributed by atoms with van der Waals surface area (Å²) in [6.45, 7) is 2.55. The van der Waals surface area contributed by atoms with E-state index in [4.69, 9.17) is 21.1 Å². The van der Waals surface area contributed by atoms with Crippen LogP contribution in [-0.4, -0.2) is 52.1 Å². The van der Waals surface area contributed by atoms with Gasteiger partial charge in [0.15, 0.2) is 4.93 Å². The maximum atomic E-state index is 10.8. The quantitative estimate of drug-likeness (QED) is 0.645. The highest BCUT2D eigenvalue weighted by atomic mass is 35.5. The zero-order valence-corrected chi connectivity index (χ0v) is 17.7. The molecule has 4 atom stereocenters. The van der Waals surface area contributed by atoms with Crippen LogP contribution in [0.1, 0.15) is 30.0 Å². The molecular formula is C22H25ClO5S.